The Bertz CT molecular complexity index is 641. The zero-order valence-corrected chi connectivity index (χ0v) is 14.3. The maximum absolute atomic E-state index is 6.16. The Morgan fingerprint density at radius 2 is 2.05 bits per heavy atom. The first-order valence-corrected chi connectivity index (χ1v) is 8.48. The molecule has 0 spiro atoms. The Balaban J connectivity index is 1.93. The van der Waals surface area contributed by atoms with Gasteiger partial charge in [0.25, 0.3) is 0 Å². The van der Waals surface area contributed by atoms with Crippen LogP contribution in [0.15, 0.2) is 29.6 Å². The second kappa shape index (κ2) is 6.27. The van der Waals surface area contributed by atoms with E-state index in [9.17, 15) is 0 Å². The van der Waals surface area contributed by atoms with E-state index in [-0.39, 0.29) is 12.0 Å². The van der Waals surface area contributed by atoms with Crippen LogP contribution >= 0.6 is 34.5 Å². The monoisotopic (exact) mass is 341 g/mol. The van der Waals surface area contributed by atoms with Crippen molar-refractivity contribution in [3.05, 3.63) is 55.7 Å². The van der Waals surface area contributed by atoms with Crippen molar-refractivity contribution >= 4 is 34.5 Å². The number of thiophene rings is 1. The molecule has 2 unspecified atom stereocenters. The Kier molecular flexibility index (Phi) is 4.57. The van der Waals surface area contributed by atoms with Crippen LogP contribution in [0.4, 0.5) is 0 Å². The zero-order valence-electron chi connectivity index (χ0n) is 12.0. The van der Waals surface area contributed by atoms with Crippen molar-refractivity contribution in [2.75, 3.05) is 27.2 Å². The number of rotatable bonds is 3. The second-order valence-electron chi connectivity index (χ2n) is 5.55. The summed E-state index contributed by atoms with van der Waals surface area (Å²) in [6, 6.07) is 8.03. The van der Waals surface area contributed by atoms with Gasteiger partial charge in [-0.3, -0.25) is 0 Å². The summed E-state index contributed by atoms with van der Waals surface area (Å²) in [5, 5.41) is 3.34. The smallest absolute Gasteiger partial charge is 0.0962 e. The Morgan fingerprint density at radius 3 is 2.76 bits per heavy atom. The first-order valence-electron chi connectivity index (χ1n) is 6.85. The fourth-order valence-corrected chi connectivity index (χ4v) is 4.09. The number of hydrogen-bond acceptors (Lipinski definition) is 3. The van der Waals surface area contributed by atoms with E-state index in [0.717, 1.165) is 12.1 Å². The lowest BCUT2D eigenvalue weighted by molar-refractivity contribution is 0.0192. The van der Waals surface area contributed by atoms with Gasteiger partial charge in [-0.05, 0) is 48.8 Å². The van der Waals surface area contributed by atoms with Crippen molar-refractivity contribution in [2.45, 2.75) is 12.0 Å². The number of hydrogen-bond donors (Lipinski definition) is 0. The van der Waals surface area contributed by atoms with E-state index in [1.54, 1.807) is 11.3 Å². The summed E-state index contributed by atoms with van der Waals surface area (Å²) < 4.78 is 6.10. The van der Waals surface area contributed by atoms with Gasteiger partial charge >= 0.3 is 0 Å². The van der Waals surface area contributed by atoms with Gasteiger partial charge in [0.05, 0.1) is 22.8 Å². The minimum Gasteiger partial charge on any atom is -0.371 e. The van der Waals surface area contributed by atoms with E-state index in [1.807, 2.05) is 18.2 Å². The van der Waals surface area contributed by atoms with Gasteiger partial charge in [0.1, 0.15) is 0 Å². The van der Waals surface area contributed by atoms with Gasteiger partial charge in [-0.25, -0.2) is 0 Å². The molecular formula is C16H17Cl2NOS. The summed E-state index contributed by atoms with van der Waals surface area (Å²) in [6.07, 6.45) is 0.153. The van der Waals surface area contributed by atoms with Gasteiger partial charge in [0, 0.05) is 17.3 Å². The maximum atomic E-state index is 6.16. The van der Waals surface area contributed by atoms with Crippen LogP contribution in [0.1, 0.15) is 28.0 Å². The van der Waals surface area contributed by atoms with Crippen LogP contribution < -0.4 is 0 Å². The zero-order chi connectivity index (χ0) is 15.0. The Hall–Kier alpha value is -0.580. The molecule has 2 aromatic rings. The highest BCUT2D eigenvalue weighted by molar-refractivity contribution is 7.10. The van der Waals surface area contributed by atoms with Crippen molar-refractivity contribution < 1.29 is 4.74 Å². The minimum absolute atomic E-state index is 0.153. The number of fused-ring (bicyclic) bond motifs is 1. The fourth-order valence-electron chi connectivity index (χ4n) is 2.72. The van der Waals surface area contributed by atoms with Crippen LogP contribution in [-0.2, 0) is 4.74 Å². The molecule has 1 aromatic heterocycles. The van der Waals surface area contributed by atoms with E-state index in [0.29, 0.717) is 16.7 Å². The predicted octanol–water partition coefficient (Wildman–Crippen LogP) is 4.82. The average Bonchev–Trinajstić information content (AvgIpc) is 2.91. The molecule has 21 heavy (non-hydrogen) atoms. The van der Waals surface area contributed by atoms with Crippen molar-refractivity contribution in [3.8, 4) is 0 Å². The average molecular weight is 342 g/mol. The molecule has 0 aliphatic carbocycles. The largest absolute Gasteiger partial charge is 0.371 e. The summed E-state index contributed by atoms with van der Waals surface area (Å²) in [4.78, 5) is 3.54. The van der Waals surface area contributed by atoms with Gasteiger partial charge in [-0.2, -0.15) is 0 Å². The highest BCUT2D eigenvalue weighted by Gasteiger charge is 2.30. The van der Waals surface area contributed by atoms with Gasteiger partial charge < -0.3 is 9.64 Å². The third-order valence-corrected chi connectivity index (χ3v) is 5.52. The molecule has 0 fully saturated rings. The quantitative estimate of drug-likeness (QED) is 0.793. The van der Waals surface area contributed by atoms with E-state index in [2.05, 4.69) is 30.4 Å². The van der Waals surface area contributed by atoms with E-state index in [4.69, 9.17) is 27.9 Å². The van der Waals surface area contributed by atoms with Gasteiger partial charge in [0.15, 0.2) is 0 Å². The number of benzene rings is 1. The third kappa shape index (κ3) is 3.13. The molecule has 2 nitrogen and oxygen atoms in total. The van der Waals surface area contributed by atoms with Crippen LogP contribution in [0.25, 0.3) is 0 Å². The highest BCUT2D eigenvalue weighted by Crippen LogP contribution is 2.42. The second-order valence-corrected chi connectivity index (χ2v) is 7.31. The molecule has 2 atom stereocenters. The summed E-state index contributed by atoms with van der Waals surface area (Å²) in [6.45, 7) is 1.59. The molecule has 1 aromatic carbocycles. The molecule has 0 radical (unpaired) electrons. The molecule has 1 aliphatic rings. The molecule has 0 saturated heterocycles. The number of ether oxygens (including phenoxy) is 1. The summed E-state index contributed by atoms with van der Waals surface area (Å²) in [7, 11) is 4.14. The van der Waals surface area contributed by atoms with E-state index >= 15 is 0 Å². The van der Waals surface area contributed by atoms with Crippen molar-refractivity contribution in [3.63, 3.8) is 0 Å². The molecule has 0 amide bonds. The lowest BCUT2D eigenvalue weighted by Gasteiger charge is -2.31. The normalized spacial score (nSPS) is 21.6. The van der Waals surface area contributed by atoms with E-state index in [1.165, 1.54) is 10.4 Å². The minimum atomic E-state index is 0.153. The summed E-state index contributed by atoms with van der Waals surface area (Å²) in [5.41, 5.74) is 2.47. The van der Waals surface area contributed by atoms with Gasteiger partial charge in [-0.1, -0.05) is 29.3 Å². The first kappa shape index (κ1) is 15.3. The molecule has 112 valence electrons. The standard InChI is InChI=1S/C16H17Cl2NOS/c1-19(2)8-15-11-5-6-21-16(11)12(9-20-15)10-3-4-13(17)14(18)7-10/h3-7,12,15H,8-9H2,1-2H3. The van der Waals surface area contributed by atoms with Gasteiger partial charge in [-0.15, -0.1) is 11.3 Å². The van der Waals surface area contributed by atoms with Crippen LogP contribution in [0.3, 0.4) is 0 Å². The summed E-state index contributed by atoms with van der Waals surface area (Å²) >= 11 is 14.0. The lowest BCUT2D eigenvalue weighted by Crippen LogP contribution is -2.28. The Labute approximate surface area is 139 Å². The lowest BCUT2D eigenvalue weighted by atomic mass is 9.91. The highest BCUT2D eigenvalue weighted by atomic mass is 35.5. The van der Waals surface area contributed by atoms with Crippen LogP contribution in [0, 0.1) is 0 Å². The number of likely N-dealkylation sites (N-methyl/N-ethyl adjacent to an activating group) is 1. The van der Waals surface area contributed by atoms with Gasteiger partial charge in [0.2, 0.25) is 0 Å². The van der Waals surface area contributed by atoms with Crippen molar-refractivity contribution in [1.82, 2.24) is 4.90 Å². The van der Waals surface area contributed by atoms with Crippen molar-refractivity contribution in [1.29, 1.82) is 0 Å². The third-order valence-electron chi connectivity index (χ3n) is 3.73. The number of halogens is 2. The van der Waals surface area contributed by atoms with Crippen molar-refractivity contribution in [2.24, 2.45) is 0 Å². The number of nitrogens with zero attached hydrogens (tertiary/aromatic N) is 1. The molecule has 5 heteroatoms. The fraction of sp³-hybridized carbons (Fsp3) is 0.375. The maximum Gasteiger partial charge on any atom is 0.0962 e. The molecule has 1 aliphatic heterocycles. The molecular weight excluding hydrogens is 325 g/mol. The molecule has 3 rings (SSSR count). The summed E-state index contributed by atoms with van der Waals surface area (Å²) in [5.74, 6) is 0.244. The first-order chi connectivity index (χ1) is 10.1. The molecule has 0 N–H and O–H groups in total. The predicted molar refractivity (Wildman–Crippen MR) is 89.9 cm³/mol. The van der Waals surface area contributed by atoms with Crippen LogP contribution in [-0.4, -0.2) is 32.1 Å². The van der Waals surface area contributed by atoms with Crippen LogP contribution in [0.5, 0.6) is 0 Å². The van der Waals surface area contributed by atoms with Crippen LogP contribution in [0.2, 0.25) is 10.0 Å². The molecule has 0 saturated carbocycles. The molecule has 0 bridgehead atoms. The topological polar surface area (TPSA) is 12.5 Å². The Morgan fingerprint density at radius 1 is 1.24 bits per heavy atom. The SMILES string of the molecule is CN(C)CC1OCC(c2ccc(Cl)c(Cl)c2)c2sccc21. The molecule has 2 heterocycles. The van der Waals surface area contributed by atoms with E-state index < -0.39 is 0 Å².